The fraction of sp³-hybridized carbons (Fsp3) is 0.143. The minimum absolute atomic E-state index is 0.00383. The highest BCUT2D eigenvalue weighted by Gasteiger charge is 2.04. The molecule has 5 heteroatoms. The van der Waals surface area contributed by atoms with E-state index in [-0.39, 0.29) is 12.2 Å². The van der Waals surface area contributed by atoms with E-state index in [1.807, 2.05) is 0 Å². The predicted molar refractivity (Wildman–Crippen MR) is 44.9 cm³/mol. The number of carboxylic acid groups (broad SMARTS) is 1. The molecule has 0 bridgehead atoms. The summed E-state index contributed by atoms with van der Waals surface area (Å²) in [7, 11) is 0. The molecule has 0 unspecified atom stereocenters. The van der Waals surface area contributed by atoms with Crippen LogP contribution in [-0.4, -0.2) is 21.2 Å². The first-order chi connectivity index (χ1) is 5.59. The second-order valence-corrected chi connectivity index (χ2v) is 3.05. The molecule has 1 heterocycles. The maximum Gasteiger partial charge on any atom is 0.309 e. The van der Waals surface area contributed by atoms with Gasteiger partial charge in [-0.1, -0.05) is 0 Å². The van der Waals surface area contributed by atoms with Crippen LogP contribution in [0.25, 0.3) is 0 Å². The Bertz CT molecular complexity index is 314. The van der Waals surface area contributed by atoms with Gasteiger partial charge in [-0.3, -0.25) is 9.78 Å². The summed E-state index contributed by atoms with van der Waals surface area (Å²) < 4.78 is 0.453. The minimum Gasteiger partial charge on any atom is -0.505 e. The van der Waals surface area contributed by atoms with Gasteiger partial charge in [-0.2, -0.15) is 0 Å². The topological polar surface area (TPSA) is 70.4 Å². The maximum atomic E-state index is 10.2. The summed E-state index contributed by atoms with van der Waals surface area (Å²) in [5.41, 5.74) is 0.409. The number of aromatic nitrogens is 1. The number of pyridine rings is 1. The third-order valence-electron chi connectivity index (χ3n) is 1.22. The zero-order valence-corrected chi connectivity index (χ0v) is 7.58. The molecular formula is C7H6BrNO3. The molecule has 0 aliphatic rings. The van der Waals surface area contributed by atoms with Crippen molar-refractivity contribution in [3.8, 4) is 5.75 Å². The lowest BCUT2D eigenvalue weighted by molar-refractivity contribution is -0.136. The fourth-order valence-corrected chi connectivity index (χ4v) is 1.08. The Hall–Kier alpha value is -1.10. The van der Waals surface area contributed by atoms with Gasteiger partial charge in [-0.15, -0.1) is 0 Å². The minimum atomic E-state index is -0.944. The number of carboxylic acids is 1. The van der Waals surface area contributed by atoms with E-state index in [1.165, 1.54) is 12.3 Å². The molecule has 0 aromatic carbocycles. The van der Waals surface area contributed by atoms with Crippen LogP contribution in [0.2, 0.25) is 0 Å². The number of rotatable bonds is 2. The lowest BCUT2D eigenvalue weighted by Crippen LogP contribution is -2.01. The van der Waals surface area contributed by atoms with Crippen LogP contribution in [-0.2, 0) is 11.2 Å². The van der Waals surface area contributed by atoms with Crippen molar-refractivity contribution in [1.29, 1.82) is 0 Å². The summed E-state index contributed by atoms with van der Waals surface area (Å²) in [5.74, 6) is -0.941. The third kappa shape index (κ3) is 2.20. The quantitative estimate of drug-likeness (QED) is 0.802. The molecule has 4 nitrogen and oxygen atoms in total. The third-order valence-corrected chi connectivity index (χ3v) is 1.86. The van der Waals surface area contributed by atoms with Crippen LogP contribution < -0.4 is 0 Å². The van der Waals surface area contributed by atoms with Gasteiger partial charge in [0.15, 0.2) is 0 Å². The van der Waals surface area contributed by atoms with Crippen LogP contribution >= 0.6 is 15.9 Å². The molecule has 0 fully saturated rings. The molecule has 0 atom stereocenters. The average Bonchev–Trinajstić information content (AvgIpc) is 1.96. The fourth-order valence-electron chi connectivity index (χ4n) is 0.715. The molecule has 1 aromatic heterocycles. The van der Waals surface area contributed by atoms with Crippen molar-refractivity contribution in [2.24, 2.45) is 0 Å². The predicted octanol–water partition coefficient (Wildman–Crippen LogP) is 1.18. The summed E-state index contributed by atoms with van der Waals surface area (Å²) >= 11 is 3.05. The van der Waals surface area contributed by atoms with E-state index in [2.05, 4.69) is 20.9 Å². The van der Waals surface area contributed by atoms with Gasteiger partial charge in [0.1, 0.15) is 5.75 Å². The SMILES string of the molecule is O=C(O)Cc1cc(Br)c(O)cn1. The first kappa shape index (κ1) is 8.99. The molecule has 1 rings (SSSR count). The molecule has 0 amide bonds. The summed E-state index contributed by atoms with van der Waals surface area (Å²) in [6.07, 6.45) is 1.07. The normalized spacial score (nSPS) is 9.75. The summed E-state index contributed by atoms with van der Waals surface area (Å²) in [6, 6.07) is 1.48. The number of nitrogens with zero attached hydrogens (tertiary/aromatic N) is 1. The number of aromatic hydroxyl groups is 1. The van der Waals surface area contributed by atoms with E-state index in [0.29, 0.717) is 10.2 Å². The van der Waals surface area contributed by atoms with E-state index < -0.39 is 5.97 Å². The molecule has 0 aliphatic carbocycles. The molecule has 2 N–H and O–H groups in total. The first-order valence-electron chi connectivity index (χ1n) is 3.15. The largest absolute Gasteiger partial charge is 0.505 e. The van der Waals surface area contributed by atoms with Gasteiger partial charge in [-0.05, 0) is 22.0 Å². The van der Waals surface area contributed by atoms with Crippen molar-refractivity contribution in [1.82, 2.24) is 4.98 Å². The van der Waals surface area contributed by atoms with Gasteiger partial charge in [-0.25, -0.2) is 0 Å². The lowest BCUT2D eigenvalue weighted by Gasteiger charge is -1.98. The molecule has 0 spiro atoms. The Balaban J connectivity index is 2.89. The van der Waals surface area contributed by atoms with Crippen LogP contribution in [0.15, 0.2) is 16.7 Å². The van der Waals surface area contributed by atoms with Gasteiger partial charge in [0, 0.05) is 0 Å². The number of carbonyl (C=O) groups is 1. The van der Waals surface area contributed by atoms with Crippen molar-refractivity contribution in [3.05, 3.63) is 22.4 Å². The second kappa shape index (κ2) is 3.53. The van der Waals surface area contributed by atoms with Gasteiger partial charge in [0.25, 0.3) is 0 Å². The highest BCUT2D eigenvalue weighted by Crippen LogP contribution is 2.22. The molecule has 64 valence electrons. The smallest absolute Gasteiger partial charge is 0.309 e. The molecule has 12 heavy (non-hydrogen) atoms. The number of aliphatic carboxylic acids is 1. The number of hydrogen-bond donors (Lipinski definition) is 2. The molecule has 0 radical (unpaired) electrons. The molecule has 0 saturated carbocycles. The van der Waals surface area contributed by atoms with Crippen LogP contribution in [0.3, 0.4) is 0 Å². The van der Waals surface area contributed by atoms with Gasteiger partial charge < -0.3 is 10.2 Å². The Morgan fingerprint density at radius 2 is 2.33 bits per heavy atom. The number of halogens is 1. The van der Waals surface area contributed by atoms with E-state index in [0.717, 1.165) is 0 Å². The van der Waals surface area contributed by atoms with Crippen molar-refractivity contribution >= 4 is 21.9 Å². The first-order valence-corrected chi connectivity index (χ1v) is 3.94. The van der Waals surface area contributed by atoms with Crippen LogP contribution in [0, 0.1) is 0 Å². The Kier molecular flexibility index (Phi) is 2.65. The van der Waals surface area contributed by atoms with Crippen molar-refractivity contribution in [3.63, 3.8) is 0 Å². The molecule has 0 saturated heterocycles. The standard InChI is InChI=1S/C7H6BrNO3/c8-5-1-4(2-7(11)12)9-3-6(5)10/h1,3,10H,2H2,(H,11,12). The Labute approximate surface area is 77.0 Å². The summed E-state index contributed by atoms with van der Waals surface area (Å²) in [5, 5.41) is 17.4. The van der Waals surface area contributed by atoms with Crippen molar-refractivity contribution < 1.29 is 15.0 Å². The number of hydrogen-bond acceptors (Lipinski definition) is 3. The van der Waals surface area contributed by atoms with E-state index >= 15 is 0 Å². The molecular weight excluding hydrogens is 226 g/mol. The highest BCUT2D eigenvalue weighted by atomic mass is 79.9. The van der Waals surface area contributed by atoms with Crippen molar-refractivity contribution in [2.45, 2.75) is 6.42 Å². The highest BCUT2D eigenvalue weighted by molar-refractivity contribution is 9.10. The van der Waals surface area contributed by atoms with E-state index in [1.54, 1.807) is 0 Å². The zero-order chi connectivity index (χ0) is 9.14. The summed E-state index contributed by atoms with van der Waals surface area (Å²) in [4.78, 5) is 14.0. The maximum absolute atomic E-state index is 10.2. The van der Waals surface area contributed by atoms with E-state index in [4.69, 9.17) is 10.2 Å². The molecule has 0 aliphatic heterocycles. The van der Waals surface area contributed by atoms with Gasteiger partial charge >= 0.3 is 5.97 Å². The lowest BCUT2D eigenvalue weighted by atomic mass is 10.3. The Morgan fingerprint density at radius 3 is 2.83 bits per heavy atom. The second-order valence-electron chi connectivity index (χ2n) is 2.20. The Morgan fingerprint density at radius 1 is 1.67 bits per heavy atom. The van der Waals surface area contributed by atoms with Crippen molar-refractivity contribution in [2.75, 3.05) is 0 Å². The zero-order valence-electron chi connectivity index (χ0n) is 5.99. The summed E-state index contributed by atoms with van der Waals surface area (Å²) in [6.45, 7) is 0. The van der Waals surface area contributed by atoms with Crippen LogP contribution in [0.1, 0.15) is 5.69 Å². The molecule has 1 aromatic rings. The monoisotopic (exact) mass is 231 g/mol. The van der Waals surface area contributed by atoms with Gasteiger partial charge in [0.2, 0.25) is 0 Å². The van der Waals surface area contributed by atoms with Gasteiger partial charge in [0.05, 0.1) is 22.8 Å². The van der Waals surface area contributed by atoms with E-state index in [9.17, 15) is 4.79 Å². The van der Waals surface area contributed by atoms with Crippen LogP contribution in [0.5, 0.6) is 5.75 Å². The van der Waals surface area contributed by atoms with Crippen LogP contribution in [0.4, 0.5) is 0 Å². The average molecular weight is 232 g/mol.